The first-order chi connectivity index (χ1) is 8.53. The molecule has 104 valence electrons. The Kier molecular flexibility index (Phi) is 4.31. The van der Waals surface area contributed by atoms with Gasteiger partial charge in [-0.25, -0.2) is 0 Å². The maximum Gasteiger partial charge on any atom is 0.308 e. The lowest BCUT2D eigenvalue weighted by atomic mass is 9.82. The molecule has 0 aromatic rings. The number of rotatable bonds is 3. The Hall–Kier alpha value is -0.570. The Morgan fingerprint density at radius 2 is 1.94 bits per heavy atom. The van der Waals surface area contributed by atoms with Crippen LogP contribution in [0.2, 0.25) is 0 Å². The van der Waals surface area contributed by atoms with Crippen LogP contribution in [0, 0.1) is 11.8 Å². The van der Waals surface area contributed by atoms with E-state index in [0.717, 1.165) is 6.04 Å². The van der Waals surface area contributed by atoms with E-state index in [-0.39, 0.29) is 11.9 Å². The van der Waals surface area contributed by atoms with Gasteiger partial charge in [-0.15, -0.1) is 0 Å². The second kappa shape index (κ2) is 5.60. The van der Waals surface area contributed by atoms with E-state index in [1.54, 1.807) is 0 Å². The van der Waals surface area contributed by atoms with Crippen LogP contribution in [0.3, 0.4) is 0 Å². The lowest BCUT2D eigenvalue weighted by Crippen LogP contribution is -2.61. The van der Waals surface area contributed by atoms with Crippen molar-refractivity contribution in [3.63, 3.8) is 0 Å². The van der Waals surface area contributed by atoms with Gasteiger partial charge in [0, 0.05) is 12.3 Å². The Morgan fingerprint density at radius 3 is 2.67 bits per heavy atom. The molecule has 0 aliphatic carbocycles. The van der Waals surface area contributed by atoms with Gasteiger partial charge >= 0.3 is 5.97 Å². The minimum Gasteiger partial charge on any atom is -0.465 e. The summed E-state index contributed by atoms with van der Waals surface area (Å²) in [5, 5.41) is 0. The van der Waals surface area contributed by atoms with Crippen molar-refractivity contribution >= 4 is 5.97 Å². The lowest BCUT2D eigenvalue weighted by molar-refractivity contribution is -0.947. The molecule has 2 heterocycles. The fourth-order valence-electron chi connectivity index (χ4n) is 3.78. The molecule has 3 heteroatoms. The van der Waals surface area contributed by atoms with Gasteiger partial charge in [-0.2, -0.15) is 0 Å². The predicted octanol–water partition coefficient (Wildman–Crippen LogP) is 2.59. The summed E-state index contributed by atoms with van der Waals surface area (Å²) in [7, 11) is 2.40. The fourth-order valence-corrected chi connectivity index (χ4v) is 3.78. The summed E-state index contributed by atoms with van der Waals surface area (Å²) in [5.74, 6) is 0.554. The van der Waals surface area contributed by atoms with Gasteiger partial charge in [0.15, 0.2) is 0 Å². The molecule has 2 aliphatic rings. The van der Waals surface area contributed by atoms with Gasteiger partial charge in [0.05, 0.1) is 38.7 Å². The number of carbonyl (C=O) groups excluding carboxylic acids is 1. The van der Waals surface area contributed by atoms with E-state index in [4.69, 9.17) is 4.74 Å². The third-order valence-corrected chi connectivity index (χ3v) is 4.92. The van der Waals surface area contributed by atoms with Crippen molar-refractivity contribution in [1.82, 2.24) is 0 Å². The number of hydrogen-bond acceptors (Lipinski definition) is 2. The number of piperidine rings is 2. The first-order valence-corrected chi connectivity index (χ1v) is 7.54. The van der Waals surface area contributed by atoms with Crippen LogP contribution in [0.15, 0.2) is 0 Å². The summed E-state index contributed by atoms with van der Waals surface area (Å²) in [4.78, 5) is 11.6. The van der Waals surface area contributed by atoms with Gasteiger partial charge in [0.25, 0.3) is 0 Å². The van der Waals surface area contributed by atoms with Crippen molar-refractivity contribution in [2.75, 3.05) is 26.7 Å². The summed E-state index contributed by atoms with van der Waals surface area (Å²) in [5.41, 5.74) is 0. The second-order valence-electron chi connectivity index (χ2n) is 6.68. The molecule has 2 rings (SSSR count). The van der Waals surface area contributed by atoms with E-state index in [0.29, 0.717) is 12.5 Å². The van der Waals surface area contributed by atoms with Crippen molar-refractivity contribution < 1.29 is 14.0 Å². The minimum absolute atomic E-state index is 0.000759. The minimum atomic E-state index is -0.0365. The zero-order valence-corrected chi connectivity index (χ0v) is 12.2. The number of nitrogens with zero attached hydrogens (tertiary/aromatic N) is 1. The van der Waals surface area contributed by atoms with Gasteiger partial charge in [-0.05, 0) is 25.7 Å². The van der Waals surface area contributed by atoms with Crippen molar-refractivity contribution in [1.29, 1.82) is 0 Å². The number of quaternary nitrogens is 1. The molecule has 3 nitrogen and oxygen atoms in total. The molecule has 0 N–H and O–H groups in total. The van der Waals surface area contributed by atoms with E-state index < -0.39 is 0 Å². The summed E-state index contributed by atoms with van der Waals surface area (Å²) >= 11 is 0. The molecule has 0 aromatic carbocycles. The van der Waals surface area contributed by atoms with Crippen LogP contribution >= 0.6 is 0 Å². The zero-order chi connectivity index (χ0) is 13.2. The molecule has 0 aromatic heterocycles. The zero-order valence-electron chi connectivity index (χ0n) is 12.2. The van der Waals surface area contributed by atoms with Crippen LogP contribution in [0.4, 0.5) is 0 Å². The average molecular weight is 254 g/mol. The topological polar surface area (TPSA) is 26.3 Å². The molecule has 18 heavy (non-hydrogen) atoms. The lowest BCUT2D eigenvalue weighted by Gasteiger charge is -2.51. The Bertz CT molecular complexity index is 299. The quantitative estimate of drug-likeness (QED) is 0.571. The third kappa shape index (κ3) is 2.87. The highest BCUT2D eigenvalue weighted by Crippen LogP contribution is 2.36. The maximum atomic E-state index is 11.6. The molecule has 2 saturated heterocycles. The average Bonchev–Trinajstić information content (AvgIpc) is 2.34. The SMILES string of the molecule is CC(C)C(=O)OCC1CCC[N+]2(C)CCCCC12. The highest BCUT2D eigenvalue weighted by molar-refractivity contribution is 5.71. The standard InChI is InChI=1S/C15H28NO2/c1-12(2)15(17)18-11-13-7-6-10-16(3)9-5-4-8-14(13)16/h12-14H,4-11H2,1-3H3/q+1. The normalized spacial score (nSPS) is 36.2. The first kappa shape index (κ1) is 13.9. The number of ether oxygens (including phenoxy) is 1. The van der Waals surface area contributed by atoms with Crippen molar-refractivity contribution in [3.05, 3.63) is 0 Å². The van der Waals surface area contributed by atoms with Gasteiger partial charge in [-0.3, -0.25) is 4.79 Å². The van der Waals surface area contributed by atoms with Crippen molar-refractivity contribution in [2.45, 2.75) is 52.0 Å². The van der Waals surface area contributed by atoms with Crippen LogP contribution in [-0.4, -0.2) is 43.2 Å². The molecule has 2 fully saturated rings. The van der Waals surface area contributed by atoms with E-state index in [9.17, 15) is 4.79 Å². The van der Waals surface area contributed by atoms with E-state index in [2.05, 4.69) is 7.05 Å². The summed E-state index contributed by atoms with van der Waals surface area (Å²) < 4.78 is 6.71. The largest absolute Gasteiger partial charge is 0.465 e. The van der Waals surface area contributed by atoms with E-state index in [1.165, 1.54) is 49.7 Å². The summed E-state index contributed by atoms with van der Waals surface area (Å²) in [6, 6.07) is 0.729. The van der Waals surface area contributed by atoms with Crippen LogP contribution in [0.5, 0.6) is 0 Å². The Balaban J connectivity index is 1.93. The van der Waals surface area contributed by atoms with E-state index in [1.807, 2.05) is 13.8 Å². The molecular formula is C15H28NO2+. The first-order valence-electron chi connectivity index (χ1n) is 7.54. The Labute approximate surface area is 111 Å². The molecule has 0 saturated carbocycles. The van der Waals surface area contributed by atoms with Crippen LogP contribution in [0.1, 0.15) is 46.0 Å². The Morgan fingerprint density at radius 1 is 1.22 bits per heavy atom. The summed E-state index contributed by atoms with van der Waals surface area (Å²) in [6.07, 6.45) is 6.57. The van der Waals surface area contributed by atoms with Crippen molar-refractivity contribution in [3.8, 4) is 0 Å². The number of carbonyl (C=O) groups is 1. The molecule has 2 aliphatic heterocycles. The molecule has 0 bridgehead atoms. The van der Waals surface area contributed by atoms with Crippen LogP contribution in [-0.2, 0) is 9.53 Å². The van der Waals surface area contributed by atoms with Crippen LogP contribution in [0.25, 0.3) is 0 Å². The fraction of sp³-hybridized carbons (Fsp3) is 0.933. The predicted molar refractivity (Wildman–Crippen MR) is 72.1 cm³/mol. The molecule has 0 spiro atoms. The number of fused-ring (bicyclic) bond motifs is 1. The van der Waals surface area contributed by atoms with Crippen LogP contribution < -0.4 is 0 Å². The molecule has 3 unspecified atom stereocenters. The molecular weight excluding hydrogens is 226 g/mol. The maximum absolute atomic E-state index is 11.6. The van der Waals surface area contributed by atoms with Gasteiger partial charge < -0.3 is 9.22 Å². The van der Waals surface area contributed by atoms with Gasteiger partial charge in [0.2, 0.25) is 0 Å². The number of esters is 1. The van der Waals surface area contributed by atoms with Gasteiger partial charge in [-0.1, -0.05) is 13.8 Å². The summed E-state index contributed by atoms with van der Waals surface area (Å²) in [6.45, 7) is 7.10. The van der Waals surface area contributed by atoms with Crippen molar-refractivity contribution in [2.24, 2.45) is 11.8 Å². The van der Waals surface area contributed by atoms with Gasteiger partial charge in [0.1, 0.15) is 0 Å². The highest BCUT2D eigenvalue weighted by atomic mass is 16.5. The third-order valence-electron chi connectivity index (χ3n) is 4.92. The highest BCUT2D eigenvalue weighted by Gasteiger charge is 2.43. The second-order valence-corrected chi connectivity index (χ2v) is 6.68. The molecule has 0 radical (unpaired) electrons. The molecule has 0 amide bonds. The molecule has 3 atom stereocenters. The monoisotopic (exact) mass is 254 g/mol. The smallest absolute Gasteiger partial charge is 0.308 e. The number of hydrogen-bond donors (Lipinski definition) is 0. The van der Waals surface area contributed by atoms with E-state index >= 15 is 0 Å².